The summed E-state index contributed by atoms with van der Waals surface area (Å²) in [6.45, 7) is 4.39. The molecule has 0 saturated carbocycles. The summed E-state index contributed by atoms with van der Waals surface area (Å²) in [5.41, 5.74) is 0. The van der Waals surface area contributed by atoms with Crippen molar-refractivity contribution in [2.75, 3.05) is 5.75 Å². The van der Waals surface area contributed by atoms with Gasteiger partial charge in [0.1, 0.15) is 0 Å². The van der Waals surface area contributed by atoms with Gasteiger partial charge in [0.25, 0.3) is 10.1 Å². The van der Waals surface area contributed by atoms with Gasteiger partial charge in [0, 0.05) is 6.42 Å². The number of aliphatic hydroxyl groups is 1. The maximum atomic E-state index is 12.5. The number of hydrogen-bond acceptors (Lipinski definition) is 4. The fraction of sp³-hybridized carbons (Fsp3) is 0.651. The average molecular weight is 716 g/mol. The Bertz CT molecular complexity index is 1100. The van der Waals surface area contributed by atoms with Crippen LogP contribution >= 0.6 is 0 Å². The molecule has 0 fully saturated rings. The van der Waals surface area contributed by atoms with Gasteiger partial charge in [0.05, 0.1) is 17.9 Å². The fourth-order valence-corrected chi connectivity index (χ4v) is 6.11. The normalized spacial score (nSPS) is 14.2. The van der Waals surface area contributed by atoms with Gasteiger partial charge in [-0.3, -0.25) is 9.35 Å². The quantitative estimate of drug-likeness (QED) is 0.0349. The molecule has 2 atom stereocenters. The van der Waals surface area contributed by atoms with Crippen LogP contribution in [0.25, 0.3) is 0 Å². The molecular formula is C43H73NO5S. The van der Waals surface area contributed by atoms with Crippen LogP contribution in [0.4, 0.5) is 0 Å². The Morgan fingerprint density at radius 1 is 0.560 bits per heavy atom. The number of allylic oxidation sites excluding steroid dienone is 13. The second-order valence-corrected chi connectivity index (χ2v) is 14.7. The third-order valence-electron chi connectivity index (χ3n) is 8.31. The van der Waals surface area contributed by atoms with Crippen LogP contribution in [0.5, 0.6) is 0 Å². The lowest BCUT2D eigenvalue weighted by Gasteiger charge is -2.21. The average Bonchev–Trinajstić information content (AvgIpc) is 3.08. The molecule has 50 heavy (non-hydrogen) atoms. The van der Waals surface area contributed by atoms with Gasteiger partial charge in [0.15, 0.2) is 0 Å². The molecule has 7 heteroatoms. The first kappa shape index (κ1) is 47.5. The third kappa shape index (κ3) is 36.8. The first-order chi connectivity index (χ1) is 24.3. The number of unbranched alkanes of at least 4 members (excludes halogenated alkanes) is 14. The highest BCUT2D eigenvalue weighted by Crippen LogP contribution is 2.11. The minimum absolute atomic E-state index is 0.261. The van der Waals surface area contributed by atoms with Crippen LogP contribution in [0.2, 0.25) is 0 Å². The van der Waals surface area contributed by atoms with Crippen molar-refractivity contribution in [3.8, 4) is 0 Å². The predicted molar refractivity (Wildman–Crippen MR) is 216 cm³/mol. The van der Waals surface area contributed by atoms with Crippen molar-refractivity contribution in [2.24, 2.45) is 0 Å². The lowest BCUT2D eigenvalue weighted by atomic mass is 10.1. The van der Waals surface area contributed by atoms with Crippen LogP contribution in [-0.4, -0.2) is 41.9 Å². The SMILES string of the molecule is CC/C=C\C/C=C\C/C=C\C/C=C\C/C=C\CCCCCCCC(=O)NC(CS(=O)(=O)O)C(O)/C=C/CC/C=C/CCCCCCCCCC. The van der Waals surface area contributed by atoms with E-state index in [-0.39, 0.29) is 12.3 Å². The van der Waals surface area contributed by atoms with Gasteiger partial charge in [-0.25, -0.2) is 0 Å². The molecule has 0 aromatic carbocycles. The van der Waals surface area contributed by atoms with Gasteiger partial charge in [-0.2, -0.15) is 8.42 Å². The summed E-state index contributed by atoms with van der Waals surface area (Å²) in [7, 11) is -4.36. The van der Waals surface area contributed by atoms with Crippen molar-refractivity contribution in [2.45, 2.75) is 174 Å². The van der Waals surface area contributed by atoms with Crippen molar-refractivity contribution >= 4 is 16.0 Å². The van der Waals surface area contributed by atoms with Crippen LogP contribution in [0.1, 0.15) is 162 Å². The fourth-order valence-electron chi connectivity index (χ4n) is 5.37. The third-order valence-corrected chi connectivity index (χ3v) is 9.09. The second kappa shape index (κ2) is 36.3. The molecule has 0 aliphatic heterocycles. The van der Waals surface area contributed by atoms with Crippen LogP contribution in [-0.2, 0) is 14.9 Å². The zero-order chi connectivity index (χ0) is 36.8. The lowest BCUT2D eigenvalue weighted by Crippen LogP contribution is -2.46. The highest BCUT2D eigenvalue weighted by atomic mass is 32.2. The predicted octanol–water partition coefficient (Wildman–Crippen LogP) is 11.6. The van der Waals surface area contributed by atoms with Gasteiger partial charge >= 0.3 is 0 Å². The van der Waals surface area contributed by atoms with Gasteiger partial charge < -0.3 is 10.4 Å². The van der Waals surface area contributed by atoms with Gasteiger partial charge in [0.2, 0.25) is 5.91 Å². The zero-order valence-corrected chi connectivity index (χ0v) is 32.6. The second-order valence-electron chi connectivity index (χ2n) is 13.2. The minimum atomic E-state index is -4.36. The monoisotopic (exact) mass is 716 g/mol. The van der Waals surface area contributed by atoms with Crippen LogP contribution in [0.15, 0.2) is 85.1 Å². The standard InChI is InChI=1S/C43H73NO5S/c1-3-5-7-9-11-13-15-17-19-20-21-22-23-24-25-27-29-31-33-35-37-39-43(46)44-41(40-50(47,48)49)42(45)38-36-34-32-30-28-26-18-16-14-12-10-8-6-4-2/h5,7,11,13,17,19,21-22,24-25,28,30,36,38,41-42,45H,3-4,6,8-10,12,14-16,18,20,23,26-27,29,31-35,37,39-40H2,1-2H3,(H,44,46)(H,47,48,49)/b7-5-,13-11-,19-17-,22-21-,25-24-,30-28+,38-36+. The van der Waals surface area contributed by atoms with Crippen molar-refractivity contribution in [3.63, 3.8) is 0 Å². The van der Waals surface area contributed by atoms with Gasteiger partial charge in [-0.15, -0.1) is 0 Å². The molecule has 6 nitrogen and oxygen atoms in total. The molecule has 0 bridgehead atoms. The molecule has 0 spiro atoms. The molecule has 0 aliphatic carbocycles. The van der Waals surface area contributed by atoms with Crippen molar-refractivity contribution < 1.29 is 22.9 Å². The van der Waals surface area contributed by atoms with Crippen LogP contribution < -0.4 is 5.32 Å². The molecule has 0 heterocycles. The molecule has 0 aliphatic rings. The highest BCUT2D eigenvalue weighted by Gasteiger charge is 2.24. The zero-order valence-electron chi connectivity index (χ0n) is 31.7. The Morgan fingerprint density at radius 3 is 1.50 bits per heavy atom. The summed E-state index contributed by atoms with van der Waals surface area (Å²) >= 11 is 0. The van der Waals surface area contributed by atoms with Crippen LogP contribution in [0, 0.1) is 0 Å². The molecule has 0 aromatic heterocycles. The highest BCUT2D eigenvalue weighted by molar-refractivity contribution is 7.85. The molecule has 286 valence electrons. The number of aliphatic hydroxyl groups excluding tert-OH is 1. The summed E-state index contributed by atoms with van der Waals surface area (Å²) in [5.74, 6) is -1.03. The summed E-state index contributed by atoms with van der Waals surface area (Å²) in [6.07, 6.45) is 52.8. The first-order valence-corrected chi connectivity index (χ1v) is 21.4. The van der Waals surface area contributed by atoms with Crippen molar-refractivity contribution in [3.05, 3.63) is 85.1 Å². The number of carbonyl (C=O) groups excluding carboxylic acids is 1. The topological polar surface area (TPSA) is 104 Å². The maximum Gasteiger partial charge on any atom is 0.267 e. The molecule has 0 radical (unpaired) electrons. The molecule has 2 unspecified atom stereocenters. The molecule has 0 rings (SSSR count). The van der Waals surface area contributed by atoms with E-state index < -0.39 is 28.0 Å². The van der Waals surface area contributed by atoms with Crippen molar-refractivity contribution in [1.82, 2.24) is 5.32 Å². The van der Waals surface area contributed by atoms with E-state index >= 15 is 0 Å². The molecule has 1 amide bonds. The van der Waals surface area contributed by atoms with E-state index in [4.69, 9.17) is 0 Å². The Morgan fingerprint density at radius 2 is 0.980 bits per heavy atom. The summed E-state index contributed by atoms with van der Waals surface area (Å²) in [5, 5.41) is 13.2. The number of hydrogen-bond donors (Lipinski definition) is 3. The number of rotatable bonds is 34. The number of nitrogens with one attached hydrogen (secondary N) is 1. The largest absolute Gasteiger partial charge is 0.387 e. The van der Waals surface area contributed by atoms with Gasteiger partial charge in [-0.05, 0) is 77.0 Å². The molecule has 0 saturated heterocycles. The first-order valence-electron chi connectivity index (χ1n) is 19.8. The summed E-state index contributed by atoms with van der Waals surface area (Å²) < 4.78 is 32.4. The summed E-state index contributed by atoms with van der Waals surface area (Å²) in [4.78, 5) is 12.5. The Balaban J connectivity index is 4.05. The van der Waals surface area contributed by atoms with E-state index in [2.05, 4.69) is 92.1 Å². The Kier molecular flexibility index (Phi) is 34.5. The minimum Gasteiger partial charge on any atom is -0.387 e. The van der Waals surface area contributed by atoms with E-state index in [9.17, 15) is 22.9 Å². The maximum absolute atomic E-state index is 12.5. The van der Waals surface area contributed by atoms with E-state index in [1.165, 1.54) is 57.4 Å². The Labute approximate surface area is 307 Å². The number of carbonyl (C=O) groups is 1. The van der Waals surface area contributed by atoms with Gasteiger partial charge in [-0.1, -0.05) is 163 Å². The van der Waals surface area contributed by atoms with E-state index in [0.717, 1.165) is 77.0 Å². The Hall–Kier alpha value is -2.48. The van der Waals surface area contributed by atoms with E-state index in [1.807, 2.05) is 0 Å². The lowest BCUT2D eigenvalue weighted by molar-refractivity contribution is -0.122. The number of amides is 1. The summed E-state index contributed by atoms with van der Waals surface area (Å²) in [6, 6.07) is -1.09. The van der Waals surface area contributed by atoms with Crippen molar-refractivity contribution in [1.29, 1.82) is 0 Å². The van der Waals surface area contributed by atoms with E-state index in [0.29, 0.717) is 12.8 Å². The smallest absolute Gasteiger partial charge is 0.267 e. The van der Waals surface area contributed by atoms with Crippen LogP contribution in [0.3, 0.4) is 0 Å². The molecule has 3 N–H and O–H groups in total. The van der Waals surface area contributed by atoms with E-state index in [1.54, 1.807) is 6.08 Å². The molecule has 0 aromatic rings. The molecular weight excluding hydrogens is 643 g/mol.